The minimum absolute atomic E-state index is 0.564. The fourth-order valence-corrected chi connectivity index (χ4v) is 1.39. The lowest BCUT2D eigenvalue weighted by Gasteiger charge is -2.17. The standard InChI is InChI=1S/C9H16N/c1-8(2)9-6-4-5-7-10(9)3/h4,6,8-9H,3,5,7H2,1-2H3/q+1. The highest BCUT2D eigenvalue weighted by Crippen LogP contribution is 2.11. The summed E-state index contributed by atoms with van der Waals surface area (Å²) in [6.07, 6.45) is 5.68. The van der Waals surface area contributed by atoms with Crippen LogP contribution in [0, 0.1) is 5.92 Å². The quantitative estimate of drug-likeness (QED) is 0.383. The second-order valence-electron chi connectivity index (χ2n) is 3.26. The van der Waals surface area contributed by atoms with Crippen molar-refractivity contribution in [1.29, 1.82) is 0 Å². The highest BCUT2D eigenvalue weighted by atomic mass is 15.0. The summed E-state index contributed by atoms with van der Waals surface area (Å²) in [6.45, 7) is 9.56. The largest absolute Gasteiger partial charge is 0.235 e. The summed E-state index contributed by atoms with van der Waals surface area (Å²) in [6, 6.07) is 0.564. The lowest BCUT2D eigenvalue weighted by Crippen LogP contribution is -2.31. The Morgan fingerprint density at radius 1 is 1.60 bits per heavy atom. The van der Waals surface area contributed by atoms with Gasteiger partial charge in [0.1, 0.15) is 13.3 Å². The van der Waals surface area contributed by atoms with Gasteiger partial charge in [-0.1, -0.05) is 19.9 Å². The van der Waals surface area contributed by atoms with Gasteiger partial charge in [0.2, 0.25) is 0 Å². The molecule has 0 amide bonds. The summed E-state index contributed by atoms with van der Waals surface area (Å²) in [5, 5.41) is 0. The Balaban J connectivity index is 2.64. The van der Waals surface area contributed by atoms with Crippen molar-refractivity contribution in [2.24, 2.45) is 5.92 Å². The maximum Gasteiger partial charge on any atom is 0.172 e. The molecule has 0 aliphatic carbocycles. The molecule has 0 bridgehead atoms. The van der Waals surface area contributed by atoms with Crippen LogP contribution in [0.5, 0.6) is 0 Å². The number of hydrogen-bond donors (Lipinski definition) is 0. The second kappa shape index (κ2) is 3.00. The van der Waals surface area contributed by atoms with Crippen molar-refractivity contribution in [1.82, 2.24) is 0 Å². The van der Waals surface area contributed by atoms with E-state index in [1.165, 1.54) is 0 Å². The van der Waals surface area contributed by atoms with Crippen LogP contribution in [0.3, 0.4) is 0 Å². The summed E-state index contributed by atoms with van der Waals surface area (Å²) >= 11 is 0. The Labute approximate surface area is 63.1 Å². The number of nitrogens with zero attached hydrogens (tertiary/aromatic N) is 1. The first-order valence-electron chi connectivity index (χ1n) is 3.95. The zero-order valence-electron chi connectivity index (χ0n) is 6.88. The Hall–Kier alpha value is -0.590. The van der Waals surface area contributed by atoms with Gasteiger partial charge in [0, 0.05) is 12.3 Å². The van der Waals surface area contributed by atoms with Crippen molar-refractivity contribution in [3.8, 4) is 0 Å². The Kier molecular flexibility index (Phi) is 2.25. The minimum atomic E-state index is 0.564. The molecule has 1 atom stereocenters. The molecule has 0 aromatic rings. The van der Waals surface area contributed by atoms with E-state index in [-0.39, 0.29) is 0 Å². The van der Waals surface area contributed by atoms with Gasteiger partial charge >= 0.3 is 0 Å². The third kappa shape index (κ3) is 1.47. The molecule has 56 valence electrons. The molecule has 0 saturated heterocycles. The molecule has 1 heterocycles. The molecule has 1 nitrogen and oxygen atoms in total. The molecule has 0 aromatic carbocycles. The SMILES string of the molecule is C=[N+]1CCC=CC1C(C)C. The normalized spacial score (nSPS) is 25.9. The van der Waals surface area contributed by atoms with Gasteiger partial charge in [-0.05, 0) is 6.08 Å². The van der Waals surface area contributed by atoms with E-state index in [9.17, 15) is 0 Å². The smallest absolute Gasteiger partial charge is 0.172 e. The van der Waals surface area contributed by atoms with E-state index in [0.29, 0.717) is 12.0 Å². The highest BCUT2D eigenvalue weighted by molar-refractivity contribution is 5.16. The van der Waals surface area contributed by atoms with Gasteiger partial charge < -0.3 is 0 Å². The van der Waals surface area contributed by atoms with E-state index >= 15 is 0 Å². The molecular formula is C9H16N+. The van der Waals surface area contributed by atoms with Crippen LogP contribution in [-0.2, 0) is 0 Å². The van der Waals surface area contributed by atoms with Crippen molar-refractivity contribution < 1.29 is 4.58 Å². The van der Waals surface area contributed by atoms with Gasteiger partial charge in [0.15, 0.2) is 6.04 Å². The van der Waals surface area contributed by atoms with Crippen LogP contribution in [0.2, 0.25) is 0 Å². The first-order valence-corrected chi connectivity index (χ1v) is 3.95. The molecule has 0 aromatic heterocycles. The summed E-state index contributed by atoms with van der Waals surface area (Å²) < 4.78 is 2.17. The first-order chi connectivity index (χ1) is 4.72. The molecule has 10 heavy (non-hydrogen) atoms. The van der Waals surface area contributed by atoms with E-state index in [4.69, 9.17) is 0 Å². The van der Waals surface area contributed by atoms with Crippen LogP contribution >= 0.6 is 0 Å². The van der Waals surface area contributed by atoms with Crippen molar-refractivity contribution in [3.05, 3.63) is 12.2 Å². The van der Waals surface area contributed by atoms with E-state index in [2.05, 4.69) is 37.3 Å². The molecule has 1 rings (SSSR count). The van der Waals surface area contributed by atoms with Gasteiger partial charge in [-0.2, -0.15) is 0 Å². The van der Waals surface area contributed by atoms with Gasteiger partial charge in [0.05, 0.1) is 0 Å². The fourth-order valence-electron chi connectivity index (χ4n) is 1.39. The number of hydrogen-bond acceptors (Lipinski definition) is 0. The maximum atomic E-state index is 3.98. The zero-order chi connectivity index (χ0) is 7.56. The fraction of sp³-hybridized carbons (Fsp3) is 0.667. The van der Waals surface area contributed by atoms with Crippen LogP contribution < -0.4 is 0 Å². The lowest BCUT2D eigenvalue weighted by atomic mass is 10.0. The maximum absolute atomic E-state index is 3.98. The van der Waals surface area contributed by atoms with E-state index in [1.54, 1.807) is 0 Å². The first kappa shape index (κ1) is 7.52. The molecule has 0 radical (unpaired) electrons. The summed E-state index contributed by atoms with van der Waals surface area (Å²) in [4.78, 5) is 0. The molecule has 0 saturated carbocycles. The van der Waals surface area contributed by atoms with Crippen LogP contribution in [-0.4, -0.2) is 23.9 Å². The Morgan fingerprint density at radius 3 is 2.70 bits per heavy atom. The van der Waals surface area contributed by atoms with Gasteiger partial charge in [-0.25, -0.2) is 4.58 Å². The van der Waals surface area contributed by atoms with Crippen molar-refractivity contribution in [3.63, 3.8) is 0 Å². The van der Waals surface area contributed by atoms with E-state index in [0.717, 1.165) is 13.0 Å². The number of rotatable bonds is 1. The van der Waals surface area contributed by atoms with Gasteiger partial charge in [-0.3, -0.25) is 0 Å². The Bertz CT molecular complexity index is 156. The highest BCUT2D eigenvalue weighted by Gasteiger charge is 2.21. The van der Waals surface area contributed by atoms with E-state index in [1.807, 2.05) is 0 Å². The monoisotopic (exact) mass is 138 g/mol. The summed E-state index contributed by atoms with van der Waals surface area (Å²) in [7, 11) is 0. The van der Waals surface area contributed by atoms with Crippen molar-refractivity contribution in [2.45, 2.75) is 26.3 Å². The molecule has 0 spiro atoms. The van der Waals surface area contributed by atoms with Crippen LogP contribution in [0.4, 0.5) is 0 Å². The second-order valence-corrected chi connectivity index (χ2v) is 3.26. The van der Waals surface area contributed by atoms with Gasteiger partial charge in [-0.15, -0.1) is 0 Å². The topological polar surface area (TPSA) is 3.01 Å². The van der Waals surface area contributed by atoms with Gasteiger partial charge in [0.25, 0.3) is 0 Å². The molecular weight excluding hydrogens is 122 g/mol. The third-order valence-electron chi connectivity index (χ3n) is 2.02. The molecule has 1 aliphatic rings. The molecule has 1 unspecified atom stereocenters. The predicted octanol–water partition coefficient (Wildman–Crippen LogP) is 1.68. The lowest BCUT2D eigenvalue weighted by molar-refractivity contribution is -0.556. The Morgan fingerprint density at radius 2 is 2.30 bits per heavy atom. The average Bonchev–Trinajstić information content (AvgIpc) is 1.88. The van der Waals surface area contributed by atoms with Crippen molar-refractivity contribution in [2.75, 3.05) is 6.54 Å². The van der Waals surface area contributed by atoms with Crippen molar-refractivity contribution >= 4 is 6.72 Å². The molecule has 1 heteroatoms. The third-order valence-corrected chi connectivity index (χ3v) is 2.02. The minimum Gasteiger partial charge on any atom is -0.235 e. The summed E-state index contributed by atoms with van der Waals surface area (Å²) in [5.41, 5.74) is 0. The van der Waals surface area contributed by atoms with Crippen LogP contribution in [0.15, 0.2) is 12.2 Å². The molecule has 1 aliphatic heterocycles. The molecule has 0 N–H and O–H groups in total. The summed E-state index contributed by atoms with van der Waals surface area (Å²) in [5.74, 6) is 0.689. The average molecular weight is 138 g/mol. The predicted molar refractivity (Wildman–Crippen MR) is 44.6 cm³/mol. The molecule has 0 fully saturated rings. The zero-order valence-corrected chi connectivity index (χ0v) is 6.88. The van der Waals surface area contributed by atoms with Crippen LogP contribution in [0.25, 0.3) is 0 Å². The van der Waals surface area contributed by atoms with Crippen LogP contribution in [0.1, 0.15) is 20.3 Å². The van der Waals surface area contributed by atoms with E-state index < -0.39 is 0 Å².